The van der Waals surface area contributed by atoms with Gasteiger partial charge in [-0.2, -0.15) is 0 Å². The lowest BCUT2D eigenvalue weighted by Gasteiger charge is -2.16. The van der Waals surface area contributed by atoms with Crippen molar-refractivity contribution in [2.24, 2.45) is 5.92 Å². The van der Waals surface area contributed by atoms with Crippen LogP contribution in [0.5, 0.6) is 0 Å². The van der Waals surface area contributed by atoms with Crippen LogP contribution in [0.1, 0.15) is 19.4 Å². The maximum absolute atomic E-state index is 12.9. The molecule has 1 aromatic carbocycles. The number of carbonyl (C=O) groups excluding carboxylic acids is 1. The van der Waals surface area contributed by atoms with Crippen LogP contribution in [0.3, 0.4) is 0 Å². The van der Waals surface area contributed by atoms with Gasteiger partial charge < -0.3 is 10.4 Å². The van der Waals surface area contributed by atoms with E-state index in [2.05, 4.69) is 17.2 Å². The second-order valence-electron chi connectivity index (χ2n) is 4.30. The third-order valence-electron chi connectivity index (χ3n) is 2.38. The number of amides is 1. The minimum atomic E-state index is -1.28. The molecule has 0 aliphatic carbocycles. The molecule has 2 N–H and O–H groups in total. The SMILES string of the molecule is CC(C)[C@H](NC(=O)O)C(=O)C#Cc1cccc(F)c1. The summed E-state index contributed by atoms with van der Waals surface area (Å²) in [5.74, 6) is 3.65. The first-order chi connectivity index (χ1) is 8.90. The lowest BCUT2D eigenvalue weighted by molar-refractivity contribution is -0.116. The first-order valence-corrected chi connectivity index (χ1v) is 5.71. The van der Waals surface area contributed by atoms with Crippen LogP contribution in [0.15, 0.2) is 24.3 Å². The Morgan fingerprint density at radius 1 is 1.37 bits per heavy atom. The summed E-state index contributed by atoms with van der Waals surface area (Å²) in [6, 6.07) is 4.64. The minimum Gasteiger partial charge on any atom is -0.465 e. The molecular formula is C14H14FNO3. The number of carbonyl (C=O) groups is 2. The lowest BCUT2D eigenvalue weighted by Crippen LogP contribution is -2.43. The zero-order chi connectivity index (χ0) is 14.4. The zero-order valence-corrected chi connectivity index (χ0v) is 10.6. The van der Waals surface area contributed by atoms with Crippen molar-refractivity contribution in [3.63, 3.8) is 0 Å². The summed E-state index contributed by atoms with van der Waals surface area (Å²) in [6.45, 7) is 3.42. The molecule has 5 heteroatoms. The third kappa shape index (κ3) is 4.80. The van der Waals surface area contributed by atoms with Crippen molar-refractivity contribution in [1.29, 1.82) is 0 Å². The normalized spacial score (nSPS) is 11.4. The van der Waals surface area contributed by atoms with Gasteiger partial charge in [0.25, 0.3) is 0 Å². The van der Waals surface area contributed by atoms with Gasteiger partial charge in [0.1, 0.15) is 11.9 Å². The van der Waals surface area contributed by atoms with Gasteiger partial charge >= 0.3 is 6.09 Å². The molecule has 0 saturated carbocycles. The Bertz CT molecular complexity index is 543. The van der Waals surface area contributed by atoms with Crippen molar-refractivity contribution in [1.82, 2.24) is 5.32 Å². The van der Waals surface area contributed by atoms with Crippen LogP contribution in [0.4, 0.5) is 9.18 Å². The number of halogens is 1. The van der Waals surface area contributed by atoms with Crippen molar-refractivity contribution in [2.45, 2.75) is 19.9 Å². The maximum atomic E-state index is 12.9. The summed E-state index contributed by atoms with van der Waals surface area (Å²) in [5.41, 5.74) is 0.367. The second-order valence-corrected chi connectivity index (χ2v) is 4.30. The standard InChI is InChI=1S/C14H14FNO3/c1-9(2)13(16-14(18)19)12(17)7-6-10-4-3-5-11(15)8-10/h3-5,8-9,13,16H,1-2H3,(H,18,19)/t13-/m0/s1. The number of rotatable bonds is 3. The summed E-state index contributed by atoms with van der Waals surface area (Å²) in [7, 11) is 0. The average Bonchev–Trinajstić information content (AvgIpc) is 2.32. The fourth-order valence-corrected chi connectivity index (χ4v) is 1.45. The Balaban J connectivity index is 2.86. The zero-order valence-electron chi connectivity index (χ0n) is 10.6. The fourth-order valence-electron chi connectivity index (χ4n) is 1.45. The Morgan fingerprint density at radius 2 is 2.05 bits per heavy atom. The van der Waals surface area contributed by atoms with Crippen LogP contribution in [0.2, 0.25) is 0 Å². The fraction of sp³-hybridized carbons (Fsp3) is 0.286. The molecule has 0 heterocycles. The van der Waals surface area contributed by atoms with Crippen LogP contribution in [-0.4, -0.2) is 23.0 Å². The number of Topliss-reactive ketones (excluding diaryl/α,β-unsaturated/α-hetero) is 1. The van der Waals surface area contributed by atoms with E-state index in [1.807, 2.05) is 0 Å². The quantitative estimate of drug-likeness (QED) is 0.820. The summed E-state index contributed by atoms with van der Waals surface area (Å²) >= 11 is 0. The van der Waals surface area contributed by atoms with Gasteiger partial charge in [0.05, 0.1) is 0 Å². The molecule has 0 aliphatic heterocycles. The Labute approximate surface area is 110 Å². The summed E-state index contributed by atoms with van der Waals surface area (Å²) in [5, 5.41) is 10.8. The van der Waals surface area contributed by atoms with Crippen LogP contribution in [0, 0.1) is 23.6 Å². The summed E-state index contributed by atoms with van der Waals surface area (Å²) < 4.78 is 12.9. The molecular weight excluding hydrogens is 249 g/mol. The first-order valence-electron chi connectivity index (χ1n) is 5.71. The molecule has 0 aromatic heterocycles. The smallest absolute Gasteiger partial charge is 0.405 e. The molecule has 100 valence electrons. The van der Waals surface area contributed by atoms with Crippen LogP contribution >= 0.6 is 0 Å². The average molecular weight is 263 g/mol. The largest absolute Gasteiger partial charge is 0.465 e. The van der Waals surface area contributed by atoms with Crippen molar-refractivity contribution < 1.29 is 19.1 Å². The highest BCUT2D eigenvalue weighted by molar-refractivity contribution is 6.01. The van der Waals surface area contributed by atoms with Crippen molar-refractivity contribution in [3.8, 4) is 11.8 Å². The molecule has 1 atom stereocenters. The van der Waals surface area contributed by atoms with E-state index in [1.54, 1.807) is 19.9 Å². The number of benzene rings is 1. The molecule has 4 nitrogen and oxygen atoms in total. The molecule has 0 fully saturated rings. The van der Waals surface area contributed by atoms with E-state index in [1.165, 1.54) is 18.2 Å². The van der Waals surface area contributed by atoms with Gasteiger partial charge in [0.15, 0.2) is 0 Å². The van der Waals surface area contributed by atoms with Gasteiger partial charge in [-0.05, 0) is 30.0 Å². The van der Waals surface area contributed by atoms with Crippen molar-refractivity contribution >= 4 is 11.9 Å². The monoisotopic (exact) mass is 263 g/mol. The highest BCUT2D eigenvalue weighted by Gasteiger charge is 2.22. The molecule has 0 aliphatic rings. The van der Waals surface area contributed by atoms with E-state index in [9.17, 15) is 14.0 Å². The molecule has 0 radical (unpaired) electrons. The number of nitrogens with one attached hydrogen (secondary N) is 1. The lowest BCUT2D eigenvalue weighted by atomic mass is 10.00. The number of carboxylic acid groups (broad SMARTS) is 1. The van der Waals surface area contributed by atoms with Crippen LogP contribution in [0.25, 0.3) is 0 Å². The number of hydrogen-bond donors (Lipinski definition) is 2. The Hall–Kier alpha value is -2.35. The van der Waals surface area contributed by atoms with Gasteiger partial charge in [-0.1, -0.05) is 25.8 Å². The second kappa shape index (κ2) is 6.55. The minimum absolute atomic E-state index is 0.217. The number of hydrogen-bond acceptors (Lipinski definition) is 2. The van der Waals surface area contributed by atoms with E-state index in [0.29, 0.717) is 5.56 Å². The molecule has 0 spiro atoms. The van der Waals surface area contributed by atoms with Crippen molar-refractivity contribution in [2.75, 3.05) is 0 Å². The summed E-state index contributed by atoms with van der Waals surface area (Å²) in [4.78, 5) is 22.4. The molecule has 0 bridgehead atoms. The van der Waals surface area contributed by atoms with E-state index in [-0.39, 0.29) is 5.92 Å². The van der Waals surface area contributed by atoms with Gasteiger partial charge in [0, 0.05) is 5.56 Å². The summed E-state index contributed by atoms with van der Waals surface area (Å²) in [6.07, 6.45) is -1.28. The Morgan fingerprint density at radius 3 is 2.58 bits per heavy atom. The van der Waals surface area contributed by atoms with Crippen LogP contribution < -0.4 is 5.32 Å². The van der Waals surface area contributed by atoms with Crippen molar-refractivity contribution in [3.05, 3.63) is 35.6 Å². The molecule has 19 heavy (non-hydrogen) atoms. The molecule has 1 aromatic rings. The molecule has 0 saturated heterocycles. The van der Waals surface area contributed by atoms with Gasteiger partial charge in [-0.25, -0.2) is 9.18 Å². The van der Waals surface area contributed by atoms with E-state index in [4.69, 9.17) is 5.11 Å². The van der Waals surface area contributed by atoms with Gasteiger partial charge in [0.2, 0.25) is 5.78 Å². The van der Waals surface area contributed by atoms with Crippen LogP contribution in [-0.2, 0) is 4.79 Å². The van der Waals surface area contributed by atoms with E-state index >= 15 is 0 Å². The Kier molecular flexibility index (Phi) is 5.07. The van der Waals surface area contributed by atoms with Gasteiger partial charge in [-0.3, -0.25) is 4.79 Å². The first kappa shape index (κ1) is 14.7. The third-order valence-corrected chi connectivity index (χ3v) is 2.38. The predicted molar refractivity (Wildman–Crippen MR) is 68.1 cm³/mol. The number of ketones is 1. The molecule has 0 unspecified atom stereocenters. The predicted octanol–water partition coefficient (Wildman–Crippen LogP) is 2.04. The van der Waals surface area contributed by atoms with Gasteiger partial charge in [-0.15, -0.1) is 0 Å². The topological polar surface area (TPSA) is 66.4 Å². The van der Waals surface area contributed by atoms with E-state index < -0.39 is 23.7 Å². The van der Waals surface area contributed by atoms with E-state index in [0.717, 1.165) is 0 Å². The highest BCUT2D eigenvalue weighted by Crippen LogP contribution is 2.04. The highest BCUT2D eigenvalue weighted by atomic mass is 19.1. The molecule has 1 amide bonds. The molecule has 1 rings (SSSR count). The maximum Gasteiger partial charge on any atom is 0.405 e.